The average Bonchev–Trinajstić information content (AvgIpc) is 2.42. The van der Waals surface area contributed by atoms with Crippen molar-refractivity contribution in [2.24, 2.45) is 0 Å². The maximum Gasteiger partial charge on any atom is 0.119 e. The van der Waals surface area contributed by atoms with Gasteiger partial charge in [-0.05, 0) is 42.0 Å². The van der Waals surface area contributed by atoms with Crippen molar-refractivity contribution in [2.45, 2.75) is 6.42 Å². The molecule has 3 heteroatoms. The van der Waals surface area contributed by atoms with Gasteiger partial charge in [-0.2, -0.15) is 0 Å². The van der Waals surface area contributed by atoms with E-state index in [9.17, 15) is 0 Å². The molecule has 0 bridgehead atoms. The lowest BCUT2D eigenvalue weighted by atomic mass is 10.1. The molecule has 0 atom stereocenters. The summed E-state index contributed by atoms with van der Waals surface area (Å²) in [6, 6.07) is 15.4. The number of benzene rings is 2. The lowest BCUT2D eigenvalue weighted by Gasteiger charge is -2.07. The zero-order valence-electron chi connectivity index (χ0n) is 10.2. The second kappa shape index (κ2) is 6.31. The van der Waals surface area contributed by atoms with Crippen molar-refractivity contribution in [1.29, 1.82) is 0 Å². The number of methoxy groups -OCH3 is 1. The fourth-order valence-electron chi connectivity index (χ4n) is 1.61. The normalized spacial score (nSPS) is 10.1. The van der Waals surface area contributed by atoms with Gasteiger partial charge >= 0.3 is 0 Å². The molecule has 18 heavy (non-hydrogen) atoms. The third-order valence-electron chi connectivity index (χ3n) is 2.63. The van der Waals surface area contributed by atoms with Crippen LogP contribution in [0.4, 0.5) is 0 Å². The zero-order chi connectivity index (χ0) is 12.8. The summed E-state index contributed by atoms with van der Waals surface area (Å²) in [6.07, 6.45) is 0.868. The number of halogens is 1. The van der Waals surface area contributed by atoms with Gasteiger partial charge in [0, 0.05) is 11.4 Å². The van der Waals surface area contributed by atoms with E-state index in [0.717, 1.165) is 22.9 Å². The fourth-order valence-corrected chi connectivity index (χ4v) is 1.74. The monoisotopic (exact) mass is 262 g/mol. The van der Waals surface area contributed by atoms with Crippen molar-refractivity contribution in [1.82, 2.24) is 0 Å². The molecule has 0 aliphatic heterocycles. The molecular weight excluding hydrogens is 248 g/mol. The van der Waals surface area contributed by atoms with E-state index in [4.69, 9.17) is 21.1 Å². The molecule has 0 N–H and O–H groups in total. The Hall–Kier alpha value is -1.67. The van der Waals surface area contributed by atoms with Gasteiger partial charge in [-0.15, -0.1) is 0 Å². The molecule has 2 aromatic rings. The van der Waals surface area contributed by atoms with Gasteiger partial charge in [0.05, 0.1) is 13.7 Å². The summed E-state index contributed by atoms with van der Waals surface area (Å²) >= 11 is 5.80. The highest BCUT2D eigenvalue weighted by Crippen LogP contribution is 2.16. The van der Waals surface area contributed by atoms with Crippen molar-refractivity contribution in [3.8, 4) is 11.5 Å². The number of ether oxygens (including phenoxy) is 2. The smallest absolute Gasteiger partial charge is 0.119 e. The molecule has 94 valence electrons. The van der Waals surface area contributed by atoms with E-state index in [1.54, 1.807) is 7.11 Å². The minimum Gasteiger partial charge on any atom is -0.497 e. The summed E-state index contributed by atoms with van der Waals surface area (Å²) in [7, 11) is 1.67. The number of rotatable bonds is 5. The van der Waals surface area contributed by atoms with Crippen LogP contribution in [-0.2, 0) is 6.42 Å². The zero-order valence-corrected chi connectivity index (χ0v) is 11.0. The van der Waals surface area contributed by atoms with Crippen molar-refractivity contribution >= 4 is 11.6 Å². The van der Waals surface area contributed by atoms with Crippen LogP contribution in [0.25, 0.3) is 0 Å². The molecule has 2 aromatic carbocycles. The van der Waals surface area contributed by atoms with E-state index in [1.807, 2.05) is 48.5 Å². The van der Waals surface area contributed by atoms with Gasteiger partial charge in [0.1, 0.15) is 11.5 Å². The van der Waals surface area contributed by atoms with Gasteiger partial charge in [0.25, 0.3) is 0 Å². The molecule has 0 amide bonds. The second-order valence-corrected chi connectivity index (χ2v) is 4.34. The third kappa shape index (κ3) is 3.67. The van der Waals surface area contributed by atoms with E-state index in [-0.39, 0.29) is 0 Å². The highest BCUT2D eigenvalue weighted by molar-refractivity contribution is 6.30. The lowest BCUT2D eigenvalue weighted by molar-refractivity contribution is 0.322. The Morgan fingerprint density at radius 3 is 2.11 bits per heavy atom. The van der Waals surface area contributed by atoms with Gasteiger partial charge in [0.2, 0.25) is 0 Å². The van der Waals surface area contributed by atoms with Crippen LogP contribution >= 0.6 is 11.6 Å². The molecule has 0 heterocycles. The lowest BCUT2D eigenvalue weighted by Crippen LogP contribution is -2.01. The Morgan fingerprint density at radius 1 is 0.889 bits per heavy atom. The third-order valence-corrected chi connectivity index (χ3v) is 2.88. The molecule has 0 aromatic heterocycles. The molecule has 0 aliphatic carbocycles. The van der Waals surface area contributed by atoms with Crippen LogP contribution in [0.5, 0.6) is 11.5 Å². The van der Waals surface area contributed by atoms with Crippen LogP contribution in [0.15, 0.2) is 48.5 Å². The summed E-state index contributed by atoms with van der Waals surface area (Å²) in [5, 5.41) is 0.720. The molecule has 0 spiro atoms. The first kappa shape index (κ1) is 12.8. The van der Waals surface area contributed by atoms with Crippen LogP contribution in [0, 0.1) is 0 Å². The Morgan fingerprint density at radius 2 is 1.50 bits per heavy atom. The quantitative estimate of drug-likeness (QED) is 0.812. The van der Waals surface area contributed by atoms with E-state index >= 15 is 0 Å². The summed E-state index contributed by atoms with van der Waals surface area (Å²) in [5.41, 5.74) is 1.23. The molecule has 2 rings (SSSR count). The first-order chi connectivity index (χ1) is 8.78. The molecule has 0 fully saturated rings. The standard InChI is InChI=1S/C15H15ClO2/c1-17-14-6-2-12(3-7-14)10-11-18-15-8-4-13(16)5-9-15/h2-9H,10-11H2,1H3. The number of hydrogen-bond acceptors (Lipinski definition) is 2. The SMILES string of the molecule is COc1ccc(CCOc2ccc(Cl)cc2)cc1. The minimum atomic E-state index is 0.647. The van der Waals surface area contributed by atoms with Crippen molar-refractivity contribution in [3.05, 3.63) is 59.1 Å². The molecule has 0 saturated heterocycles. The van der Waals surface area contributed by atoms with E-state index < -0.39 is 0 Å². The molecular formula is C15H15ClO2. The van der Waals surface area contributed by atoms with Crippen LogP contribution in [-0.4, -0.2) is 13.7 Å². The molecule has 0 unspecified atom stereocenters. The summed E-state index contributed by atoms with van der Waals surface area (Å²) in [5.74, 6) is 1.71. The van der Waals surface area contributed by atoms with Crippen LogP contribution in [0.3, 0.4) is 0 Å². The maximum atomic E-state index is 5.80. The molecule has 0 saturated carbocycles. The Labute approximate surface area is 112 Å². The van der Waals surface area contributed by atoms with Gasteiger partial charge in [-0.3, -0.25) is 0 Å². The first-order valence-electron chi connectivity index (χ1n) is 5.79. The minimum absolute atomic E-state index is 0.647. The average molecular weight is 263 g/mol. The summed E-state index contributed by atoms with van der Waals surface area (Å²) in [6.45, 7) is 0.647. The Bertz CT molecular complexity index is 477. The molecule has 2 nitrogen and oxygen atoms in total. The topological polar surface area (TPSA) is 18.5 Å². The first-order valence-corrected chi connectivity index (χ1v) is 6.17. The van der Waals surface area contributed by atoms with Crippen LogP contribution in [0.2, 0.25) is 5.02 Å². The maximum absolute atomic E-state index is 5.80. The van der Waals surface area contributed by atoms with Gasteiger partial charge in [-0.1, -0.05) is 23.7 Å². The van der Waals surface area contributed by atoms with Gasteiger partial charge in [-0.25, -0.2) is 0 Å². The van der Waals surface area contributed by atoms with Crippen LogP contribution < -0.4 is 9.47 Å². The Kier molecular flexibility index (Phi) is 4.48. The van der Waals surface area contributed by atoms with Crippen molar-refractivity contribution < 1.29 is 9.47 Å². The fraction of sp³-hybridized carbons (Fsp3) is 0.200. The molecule has 0 aliphatic rings. The second-order valence-electron chi connectivity index (χ2n) is 3.90. The molecule has 0 radical (unpaired) electrons. The highest BCUT2D eigenvalue weighted by atomic mass is 35.5. The van der Waals surface area contributed by atoms with E-state index in [2.05, 4.69) is 0 Å². The predicted molar refractivity (Wildman–Crippen MR) is 73.6 cm³/mol. The van der Waals surface area contributed by atoms with Crippen LogP contribution in [0.1, 0.15) is 5.56 Å². The van der Waals surface area contributed by atoms with E-state index in [0.29, 0.717) is 6.61 Å². The van der Waals surface area contributed by atoms with Crippen molar-refractivity contribution in [3.63, 3.8) is 0 Å². The summed E-state index contributed by atoms with van der Waals surface area (Å²) < 4.78 is 10.7. The number of hydrogen-bond donors (Lipinski definition) is 0. The van der Waals surface area contributed by atoms with Gasteiger partial charge < -0.3 is 9.47 Å². The summed E-state index contributed by atoms with van der Waals surface area (Å²) in [4.78, 5) is 0. The largest absolute Gasteiger partial charge is 0.497 e. The van der Waals surface area contributed by atoms with E-state index in [1.165, 1.54) is 5.56 Å². The van der Waals surface area contributed by atoms with Gasteiger partial charge in [0.15, 0.2) is 0 Å². The van der Waals surface area contributed by atoms with Crippen molar-refractivity contribution in [2.75, 3.05) is 13.7 Å². The predicted octanol–water partition coefficient (Wildman–Crippen LogP) is 3.97. The highest BCUT2D eigenvalue weighted by Gasteiger charge is 1.97. The Balaban J connectivity index is 1.82.